The summed E-state index contributed by atoms with van der Waals surface area (Å²) < 4.78 is 30.6. The van der Waals surface area contributed by atoms with Crippen LogP contribution in [0.5, 0.6) is 0 Å². The monoisotopic (exact) mass is 310 g/mol. The maximum atomic E-state index is 12.2. The van der Waals surface area contributed by atoms with Gasteiger partial charge in [-0.3, -0.25) is 4.79 Å². The average molecular weight is 310 g/mol. The van der Waals surface area contributed by atoms with Crippen molar-refractivity contribution in [3.05, 3.63) is 0 Å². The molecule has 120 valence electrons. The molecule has 0 aliphatic rings. The molecule has 0 amide bonds. The average Bonchev–Trinajstić information content (AvgIpc) is 2.32. The Balaban J connectivity index is 4.43. The third-order valence-electron chi connectivity index (χ3n) is 2.74. The normalized spacial score (nSPS) is 12.2. The van der Waals surface area contributed by atoms with Gasteiger partial charge in [-0.15, -0.1) is 0 Å². The van der Waals surface area contributed by atoms with Crippen LogP contribution in [0.2, 0.25) is 0 Å². The fourth-order valence-corrected chi connectivity index (χ4v) is 3.21. The number of sulfonamides is 1. The van der Waals surface area contributed by atoms with Crippen molar-refractivity contribution in [1.82, 2.24) is 9.21 Å². The highest BCUT2D eigenvalue weighted by atomic mass is 32.2. The zero-order valence-corrected chi connectivity index (χ0v) is 13.4. The lowest BCUT2D eigenvalue weighted by molar-refractivity contribution is -0.137. The smallest absolute Gasteiger partial charge is 0.303 e. The molecular weight excluding hydrogens is 284 g/mol. The van der Waals surface area contributed by atoms with E-state index in [1.54, 1.807) is 0 Å². The Morgan fingerprint density at radius 1 is 1.15 bits per heavy atom. The summed E-state index contributed by atoms with van der Waals surface area (Å²) in [5.41, 5.74) is 0. The van der Waals surface area contributed by atoms with Gasteiger partial charge in [0.15, 0.2) is 0 Å². The minimum absolute atomic E-state index is 0.130. The Kier molecular flexibility index (Phi) is 9.74. The van der Waals surface area contributed by atoms with E-state index in [1.807, 2.05) is 19.0 Å². The molecule has 0 aromatic heterocycles. The SMILES string of the molecule is COCCN(CCCN(C)C)S(=O)(=O)CCCC(=O)O. The van der Waals surface area contributed by atoms with Gasteiger partial charge >= 0.3 is 5.97 Å². The standard InChI is InChI=1S/C12H26N2O5S/c1-13(2)7-5-8-14(9-10-19-3)20(17,18)11-4-6-12(15)16/h4-11H2,1-3H3,(H,15,16). The summed E-state index contributed by atoms with van der Waals surface area (Å²) in [6, 6.07) is 0. The van der Waals surface area contributed by atoms with Gasteiger partial charge < -0.3 is 14.7 Å². The van der Waals surface area contributed by atoms with E-state index >= 15 is 0 Å². The van der Waals surface area contributed by atoms with Gasteiger partial charge in [0.05, 0.1) is 12.4 Å². The van der Waals surface area contributed by atoms with E-state index in [2.05, 4.69) is 0 Å². The van der Waals surface area contributed by atoms with Crippen LogP contribution in [0.1, 0.15) is 19.3 Å². The summed E-state index contributed by atoms with van der Waals surface area (Å²) >= 11 is 0. The first kappa shape index (κ1) is 19.3. The van der Waals surface area contributed by atoms with Crippen molar-refractivity contribution in [3.8, 4) is 0 Å². The molecule has 0 saturated carbocycles. The Hall–Kier alpha value is -0.700. The Bertz CT molecular complexity index is 370. The van der Waals surface area contributed by atoms with E-state index in [4.69, 9.17) is 9.84 Å². The van der Waals surface area contributed by atoms with Crippen molar-refractivity contribution < 1.29 is 23.1 Å². The summed E-state index contributed by atoms with van der Waals surface area (Å²) in [5, 5.41) is 8.56. The minimum atomic E-state index is -3.42. The summed E-state index contributed by atoms with van der Waals surface area (Å²) in [7, 11) is 1.97. The number of aliphatic carboxylic acids is 1. The zero-order valence-electron chi connectivity index (χ0n) is 12.5. The molecular formula is C12H26N2O5S. The van der Waals surface area contributed by atoms with Crippen LogP contribution >= 0.6 is 0 Å². The van der Waals surface area contributed by atoms with Gasteiger partial charge in [-0.25, -0.2) is 8.42 Å². The second-order valence-electron chi connectivity index (χ2n) is 4.86. The van der Waals surface area contributed by atoms with Crippen LogP contribution in [0.3, 0.4) is 0 Å². The van der Waals surface area contributed by atoms with E-state index in [1.165, 1.54) is 11.4 Å². The number of carbonyl (C=O) groups is 1. The molecule has 7 nitrogen and oxygen atoms in total. The second-order valence-corrected chi connectivity index (χ2v) is 6.95. The first-order chi connectivity index (χ1) is 9.29. The number of hydrogen-bond donors (Lipinski definition) is 1. The fourth-order valence-electron chi connectivity index (χ4n) is 1.68. The maximum Gasteiger partial charge on any atom is 0.303 e. The first-order valence-corrected chi connectivity index (χ1v) is 8.24. The number of hydrogen-bond acceptors (Lipinski definition) is 5. The molecule has 0 radical (unpaired) electrons. The van der Waals surface area contributed by atoms with Crippen LogP contribution in [-0.2, 0) is 19.6 Å². The van der Waals surface area contributed by atoms with Gasteiger partial charge in [0.25, 0.3) is 0 Å². The van der Waals surface area contributed by atoms with Crippen LogP contribution in [-0.4, -0.2) is 81.9 Å². The molecule has 0 saturated heterocycles. The molecule has 0 aliphatic carbocycles. The van der Waals surface area contributed by atoms with Gasteiger partial charge in [0.1, 0.15) is 0 Å². The molecule has 0 heterocycles. The van der Waals surface area contributed by atoms with E-state index in [0.717, 1.165) is 13.0 Å². The highest BCUT2D eigenvalue weighted by Crippen LogP contribution is 2.06. The van der Waals surface area contributed by atoms with Crippen molar-refractivity contribution in [1.29, 1.82) is 0 Å². The van der Waals surface area contributed by atoms with Crippen LogP contribution in [0, 0.1) is 0 Å². The molecule has 0 bridgehead atoms. The van der Waals surface area contributed by atoms with Gasteiger partial charge in [-0.2, -0.15) is 4.31 Å². The zero-order chi connectivity index (χ0) is 15.6. The van der Waals surface area contributed by atoms with Crippen molar-refractivity contribution in [2.75, 3.05) is 53.2 Å². The Labute approximate surface area is 121 Å². The minimum Gasteiger partial charge on any atom is -0.481 e. The molecule has 0 atom stereocenters. The Morgan fingerprint density at radius 2 is 1.80 bits per heavy atom. The van der Waals surface area contributed by atoms with Crippen LogP contribution in [0.25, 0.3) is 0 Å². The first-order valence-electron chi connectivity index (χ1n) is 6.63. The van der Waals surface area contributed by atoms with Crippen molar-refractivity contribution >= 4 is 16.0 Å². The number of carboxylic acid groups (broad SMARTS) is 1. The number of rotatable bonds is 12. The third kappa shape index (κ3) is 9.24. The molecule has 1 N–H and O–H groups in total. The van der Waals surface area contributed by atoms with E-state index in [-0.39, 0.29) is 18.6 Å². The lowest BCUT2D eigenvalue weighted by atomic mass is 10.3. The molecule has 20 heavy (non-hydrogen) atoms. The van der Waals surface area contributed by atoms with Gasteiger partial charge in [0, 0.05) is 26.6 Å². The fraction of sp³-hybridized carbons (Fsp3) is 0.917. The van der Waals surface area contributed by atoms with Crippen LogP contribution in [0.4, 0.5) is 0 Å². The lowest BCUT2D eigenvalue weighted by Gasteiger charge is -2.22. The predicted octanol–water partition coefficient (Wildman–Crippen LogP) is 0.0811. The van der Waals surface area contributed by atoms with E-state index < -0.39 is 16.0 Å². The summed E-state index contributed by atoms with van der Waals surface area (Å²) in [6.07, 6.45) is 0.735. The van der Waals surface area contributed by atoms with Crippen molar-refractivity contribution in [2.24, 2.45) is 0 Å². The van der Waals surface area contributed by atoms with Crippen LogP contribution in [0.15, 0.2) is 0 Å². The molecule has 8 heteroatoms. The summed E-state index contributed by atoms with van der Waals surface area (Å²) in [5.74, 6) is -1.11. The summed E-state index contributed by atoms with van der Waals surface area (Å²) in [4.78, 5) is 12.4. The maximum absolute atomic E-state index is 12.2. The third-order valence-corrected chi connectivity index (χ3v) is 4.70. The van der Waals surface area contributed by atoms with Crippen LogP contribution < -0.4 is 0 Å². The molecule has 0 aromatic rings. The highest BCUT2D eigenvalue weighted by Gasteiger charge is 2.21. The molecule has 0 rings (SSSR count). The number of nitrogens with zero attached hydrogens (tertiary/aromatic N) is 2. The molecule has 0 aromatic carbocycles. The van der Waals surface area contributed by atoms with Gasteiger partial charge in [-0.05, 0) is 33.5 Å². The Morgan fingerprint density at radius 3 is 2.30 bits per heavy atom. The van der Waals surface area contributed by atoms with E-state index in [9.17, 15) is 13.2 Å². The molecule has 0 fully saturated rings. The summed E-state index contributed by atoms with van der Waals surface area (Å²) in [6.45, 7) is 1.87. The molecule has 0 aliphatic heterocycles. The molecule has 0 unspecified atom stereocenters. The van der Waals surface area contributed by atoms with Crippen molar-refractivity contribution in [3.63, 3.8) is 0 Å². The van der Waals surface area contributed by atoms with E-state index in [0.29, 0.717) is 19.7 Å². The van der Waals surface area contributed by atoms with Crippen molar-refractivity contribution in [2.45, 2.75) is 19.3 Å². The number of methoxy groups -OCH3 is 1. The number of ether oxygens (including phenoxy) is 1. The van der Waals surface area contributed by atoms with Gasteiger partial charge in [0.2, 0.25) is 10.0 Å². The highest BCUT2D eigenvalue weighted by molar-refractivity contribution is 7.89. The van der Waals surface area contributed by atoms with Gasteiger partial charge in [-0.1, -0.05) is 0 Å². The number of carboxylic acids is 1. The predicted molar refractivity (Wildman–Crippen MR) is 77.3 cm³/mol. The largest absolute Gasteiger partial charge is 0.481 e. The quantitative estimate of drug-likeness (QED) is 0.549. The topological polar surface area (TPSA) is 87.2 Å². The lowest BCUT2D eigenvalue weighted by Crippen LogP contribution is -2.37. The second kappa shape index (κ2) is 10.1. The molecule has 0 spiro atoms.